The van der Waals surface area contributed by atoms with E-state index in [9.17, 15) is 4.79 Å². The molecule has 1 aliphatic rings. The number of carbonyl (C=O) groups is 1. The van der Waals surface area contributed by atoms with Gasteiger partial charge in [0.15, 0.2) is 0 Å². The van der Waals surface area contributed by atoms with Crippen molar-refractivity contribution < 1.29 is 4.79 Å². The lowest BCUT2D eigenvalue weighted by molar-refractivity contribution is 0.0623. The van der Waals surface area contributed by atoms with Gasteiger partial charge in [0.2, 0.25) is 0 Å². The number of aromatic nitrogens is 2. The summed E-state index contributed by atoms with van der Waals surface area (Å²) in [7, 11) is 0. The highest BCUT2D eigenvalue weighted by Gasteiger charge is 2.23. The zero-order valence-corrected chi connectivity index (χ0v) is 14.0. The number of piperazine rings is 1. The lowest BCUT2D eigenvalue weighted by Crippen LogP contribution is -2.48. The van der Waals surface area contributed by atoms with E-state index in [1.54, 1.807) is 6.20 Å². The van der Waals surface area contributed by atoms with Crippen molar-refractivity contribution in [3.05, 3.63) is 52.6 Å². The fraction of sp³-hybridized carbons (Fsp3) is 0.412. The van der Waals surface area contributed by atoms with E-state index in [2.05, 4.69) is 27.0 Å². The van der Waals surface area contributed by atoms with Gasteiger partial charge in [-0.2, -0.15) is 0 Å². The van der Waals surface area contributed by atoms with Gasteiger partial charge in [-0.3, -0.25) is 9.69 Å². The first kappa shape index (κ1) is 16.0. The van der Waals surface area contributed by atoms with Gasteiger partial charge < -0.3 is 9.88 Å². The molecular formula is C17H21ClN4O. The second-order valence-corrected chi connectivity index (χ2v) is 6.23. The lowest BCUT2D eigenvalue weighted by atomic mass is 10.2. The summed E-state index contributed by atoms with van der Waals surface area (Å²) in [5.74, 6) is 0.901. The Morgan fingerprint density at radius 2 is 1.91 bits per heavy atom. The minimum Gasteiger partial charge on any atom is -0.338 e. The summed E-state index contributed by atoms with van der Waals surface area (Å²) >= 11 is 5.91. The number of H-pyrrole nitrogens is 1. The largest absolute Gasteiger partial charge is 0.338 e. The number of imidazole rings is 1. The van der Waals surface area contributed by atoms with Crippen LogP contribution in [0.5, 0.6) is 0 Å². The van der Waals surface area contributed by atoms with Crippen LogP contribution in [0.4, 0.5) is 0 Å². The highest BCUT2D eigenvalue weighted by Crippen LogP contribution is 2.14. The van der Waals surface area contributed by atoms with E-state index < -0.39 is 0 Å². The zero-order chi connectivity index (χ0) is 16.2. The molecule has 1 fully saturated rings. The molecule has 1 saturated heterocycles. The van der Waals surface area contributed by atoms with Crippen LogP contribution in [0.2, 0.25) is 5.02 Å². The number of rotatable bonds is 4. The topological polar surface area (TPSA) is 52.2 Å². The number of benzene rings is 1. The fourth-order valence-corrected chi connectivity index (χ4v) is 2.90. The van der Waals surface area contributed by atoms with Crippen LogP contribution < -0.4 is 0 Å². The number of amides is 1. The number of aromatic amines is 1. The molecule has 1 aromatic heterocycles. The minimum absolute atomic E-state index is 0.0448. The normalized spacial score (nSPS) is 15.8. The van der Waals surface area contributed by atoms with E-state index in [0.29, 0.717) is 5.69 Å². The molecule has 0 bridgehead atoms. The van der Waals surface area contributed by atoms with Gasteiger partial charge >= 0.3 is 0 Å². The second kappa shape index (κ2) is 7.15. The van der Waals surface area contributed by atoms with E-state index in [1.165, 1.54) is 5.56 Å². The molecule has 0 atom stereocenters. The average Bonchev–Trinajstić information content (AvgIpc) is 3.06. The summed E-state index contributed by atoms with van der Waals surface area (Å²) in [4.78, 5) is 24.0. The van der Waals surface area contributed by atoms with Crippen LogP contribution in [0.25, 0.3) is 0 Å². The first-order chi connectivity index (χ1) is 11.2. The third-order valence-corrected chi connectivity index (χ3v) is 4.42. The number of hydrogen-bond donors (Lipinski definition) is 1. The van der Waals surface area contributed by atoms with Gasteiger partial charge in [-0.25, -0.2) is 4.98 Å². The molecular weight excluding hydrogens is 312 g/mol. The van der Waals surface area contributed by atoms with E-state index in [4.69, 9.17) is 11.6 Å². The molecule has 3 rings (SSSR count). The number of carbonyl (C=O) groups excluding carboxylic acids is 1. The van der Waals surface area contributed by atoms with Crippen LogP contribution >= 0.6 is 11.6 Å². The van der Waals surface area contributed by atoms with Crippen molar-refractivity contribution in [2.75, 3.05) is 26.2 Å². The zero-order valence-electron chi connectivity index (χ0n) is 13.3. The number of hydrogen-bond acceptors (Lipinski definition) is 3. The van der Waals surface area contributed by atoms with Crippen molar-refractivity contribution in [3.8, 4) is 0 Å². The van der Waals surface area contributed by atoms with Crippen molar-refractivity contribution >= 4 is 17.5 Å². The maximum absolute atomic E-state index is 12.5. The fourth-order valence-electron chi connectivity index (χ4n) is 2.78. The van der Waals surface area contributed by atoms with Gasteiger partial charge in [-0.05, 0) is 17.7 Å². The van der Waals surface area contributed by atoms with Crippen molar-refractivity contribution in [3.63, 3.8) is 0 Å². The molecule has 0 radical (unpaired) electrons. The molecule has 1 aromatic carbocycles. The Balaban J connectivity index is 1.53. The number of halogens is 1. The summed E-state index contributed by atoms with van der Waals surface area (Å²) in [6.45, 7) is 6.15. The Hall–Kier alpha value is -1.85. The van der Waals surface area contributed by atoms with Crippen LogP contribution in [0.15, 0.2) is 30.5 Å². The lowest BCUT2D eigenvalue weighted by Gasteiger charge is -2.34. The number of aryl methyl sites for hydroxylation is 1. The van der Waals surface area contributed by atoms with Crippen molar-refractivity contribution in [2.24, 2.45) is 0 Å². The monoisotopic (exact) mass is 332 g/mol. The maximum Gasteiger partial charge on any atom is 0.272 e. The van der Waals surface area contributed by atoms with E-state index >= 15 is 0 Å². The molecule has 2 aromatic rings. The molecule has 5 nitrogen and oxygen atoms in total. The SMILES string of the molecule is CCc1ncc(C(=O)N2CCN(Cc3ccc(Cl)cc3)CC2)[nH]1. The molecule has 0 unspecified atom stereocenters. The van der Waals surface area contributed by atoms with Crippen LogP contribution in [0, 0.1) is 0 Å². The molecule has 0 saturated carbocycles. The van der Waals surface area contributed by atoms with Gasteiger partial charge in [0.25, 0.3) is 5.91 Å². The van der Waals surface area contributed by atoms with Crippen LogP contribution in [-0.4, -0.2) is 51.9 Å². The van der Waals surface area contributed by atoms with Crippen LogP contribution in [0.3, 0.4) is 0 Å². The molecule has 0 spiro atoms. The van der Waals surface area contributed by atoms with E-state index in [1.807, 2.05) is 24.0 Å². The van der Waals surface area contributed by atoms with Gasteiger partial charge in [0, 0.05) is 44.2 Å². The standard InChI is InChI=1S/C17H21ClN4O/c1-2-16-19-11-15(20-16)17(23)22-9-7-21(8-10-22)12-13-3-5-14(18)6-4-13/h3-6,11H,2,7-10,12H2,1H3,(H,19,20). The van der Waals surface area contributed by atoms with Crippen molar-refractivity contribution in [1.29, 1.82) is 0 Å². The summed E-state index contributed by atoms with van der Waals surface area (Å²) in [6.07, 6.45) is 2.45. The Kier molecular flexibility index (Phi) is 4.98. The average molecular weight is 333 g/mol. The minimum atomic E-state index is 0.0448. The smallest absolute Gasteiger partial charge is 0.272 e. The molecule has 122 valence electrons. The molecule has 23 heavy (non-hydrogen) atoms. The van der Waals surface area contributed by atoms with Gasteiger partial charge in [-0.1, -0.05) is 30.7 Å². The Morgan fingerprint density at radius 1 is 1.22 bits per heavy atom. The molecule has 1 amide bonds. The maximum atomic E-state index is 12.5. The molecule has 0 aliphatic carbocycles. The predicted octanol–water partition coefficient (Wildman–Crippen LogP) is 2.58. The predicted molar refractivity (Wildman–Crippen MR) is 90.6 cm³/mol. The molecule has 1 N–H and O–H groups in total. The van der Waals surface area contributed by atoms with Crippen molar-refractivity contribution in [2.45, 2.75) is 19.9 Å². The highest BCUT2D eigenvalue weighted by atomic mass is 35.5. The molecule has 1 aliphatic heterocycles. The van der Waals surface area contributed by atoms with Crippen molar-refractivity contribution in [1.82, 2.24) is 19.8 Å². The third kappa shape index (κ3) is 3.92. The van der Waals surface area contributed by atoms with Crippen LogP contribution in [-0.2, 0) is 13.0 Å². The van der Waals surface area contributed by atoms with Gasteiger partial charge in [0.1, 0.15) is 11.5 Å². The summed E-state index contributed by atoms with van der Waals surface area (Å²) in [5.41, 5.74) is 1.84. The summed E-state index contributed by atoms with van der Waals surface area (Å²) in [6, 6.07) is 7.94. The quantitative estimate of drug-likeness (QED) is 0.936. The molecule has 2 heterocycles. The third-order valence-electron chi connectivity index (χ3n) is 4.17. The second-order valence-electron chi connectivity index (χ2n) is 5.79. The summed E-state index contributed by atoms with van der Waals surface area (Å²) < 4.78 is 0. The van der Waals surface area contributed by atoms with Gasteiger partial charge in [0.05, 0.1) is 6.20 Å². The number of nitrogens with zero attached hydrogens (tertiary/aromatic N) is 3. The Labute approximate surface area is 141 Å². The first-order valence-electron chi connectivity index (χ1n) is 7.95. The highest BCUT2D eigenvalue weighted by molar-refractivity contribution is 6.30. The van der Waals surface area contributed by atoms with E-state index in [-0.39, 0.29) is 5.91 Å². The van der Waals surface area contributed by atoms with Gasteiger partial charge in [-0.15, -0.1) is 0 Å². The number of nitrogens with one attached hydrogen (secondary N) is 1. The van der Waals surface area contributed by atoms with Crippen LogP contribution in [0.1, 0.15) is 28.8 Å². The van der Waals surface area contributed by atoms with E-state index in [0.717, 1.165) is 50.0 Å². The Bertz CT molecular complexity index is 659. The summed E-state index contributed by atoms with van der Waals surface area (Å²) in [5, 5.41) is 0.759. The first-order valence-corrected chi connectivity index (χ1v) is 8.33. The Morgan fingerprint density at radius 3 is 2.52 bits per heavy atom. The molecule has 6 heteroatoms.